The highest BCUT2D eigenvalue weighted by Gasteiger charge is 2.46. The second-order valence-electron chi connectivity index (χ2n) is 15.7. The van der Waals surface area contributed by atoms with E-state index in [0.717, 1.165) is 17.1 Å². The maximum atomic E-state index is 2.46. The van der Waals surface area contributed by atoms with Gasteiger partial charge in [-0.2, -0.15) is 0 Å². The minimum absolute atomic E-state index is 0.505. The first-order chi connectivity index (χ1) is 29.8. The number of nitrogens with zero attached hydrogens (tertiary/aromatic N) is 1. The Balaban J connectivity index is 1.11. The summed E-state index contributed by atoms with van der Waals surface area (Å²) < 4.78 is 0. The second-order valence-corrected chi connectivity index (χ2v) is 15.7. The number of anilines is 3. The zero-order valence-corrected chi connectivity index (χ0v) is 33.1. The molecule has 0 N–H and O–H groups in total. The van der Waals surface area contributed by atoms with Gasteiger partial charge in [-0.05, 0) is 120 Å². The van der Waals surface area contributed by atoms with Crippen LogP contribution in [0.4, 0.5) is 17.1 Å². The summed E-state index contributed by atoms with van der Waals surface area (Å²) in [5, 5.41) is 2.48. The van der Waals surface area contributed by atoms with E-state index in [-0.39, 0.29) is 0 Å². The van der Waals surface area contributed by atoms with Crippen LogP contribution < -0.4 is 4.90 Å². The highest BCUT2D eigenvalue weighted by atomic mass is 15.1. The molecule has 0 unspecified atom stereocenters. The van der Waals surface area contributed by atoms with E-state index >= 15 is 0 Å². The lowest BCUT2D eigenvalue weighted by Crippen LogP contribution is -2.28. The van der Waals surface area contributed by atoms with Gasteiger partial charge in [0.05, 0.1) is 5.41 Å². The van der Waals surface area contributed by atoms with Crippen molar-refractivity contribution in [2.75, 3.05) is 4.90 Å². The summed E-state index contributed by atoms with van der Waals surface area (Å²) in [6.45, 7) is 0. The maximum absolute atomic E-state index is 2.46. The molecule has 1 aliphatic carbocycles. The van der Waals surface area contributed by atoms with E-state index in [1.54, 1.807) is 0 Å². The largest absolute Gasteiger partial charge is 0.310 e. The monoisotopic (exact) mass is 763 g/mol. The number of benzene rings is 10. The number of hydrogen-bond acceptors (Lipinski definition) is 1. The van der Waals surface area contributed by atoms with Gasteiger partial charge in [0, 0.05) is 17.1 Å². The van der Waals surface area contributed by atoms with Crippen LogP contribution in [0.15, 0.2) is 249 Å². The van der Waals surface area contributed by atoms with Crippen molar-refractivity contribution in [3.63, 3.8) is 0 Å². The standard InChI is InChI=1S/C59H41N/c1-4-17-42(18-5-1)45-21-14-22-46(39-45)43-33-35-50(36-34-43)60(51-28-15-23-47(40-51)54-31-16-20-44-19-10-11-29-53(44)54)52-37-38-56-55-30-12-13-32-57(55)59(58(56)41-52,48-24-6-2-7-25-48)49-26-8-3-9-27-49/h1-41H. The molecule has 0 atom stereocenters. The fourth-order valence-corrected chi connectivity index (χ4v) is 9.62. The summed E-state index contributed by atoms with van der Waals surface area (Å²) in [6.07, 6.45) is 0. The molecule has 10 aromatic rings. The molecular weight excluding hydrogens is 723 g/mol. The van der Waals surface area contributed by atoms with Gasteiger partial charge >= 0.3 is 0 Å². The highest BCUT2D eigenvalue weighted by Crippen LogP contribution is 2.57. The van der Waals surface area contributed by atoms with E-state index in [0.29, 0.717) is 0 Å². The normalized spacial score (nSPS) is 12.5. The van der Waals surface area contributed by atoms with Gasteiger partial charge in [0.25, 0.3) is 0 Å². The third kappa shape index (κ3) is 5.94. The molecule has 1 heteroatoms. The summed E-state index contributed by atoms with van der Waals surface area (Å²) in [6, 6.07) is 91.0. The first-order valence-corrected chi connectivity index (χ1v) is 20.8. The van der Waals surface area contributed by atoms with Gasteiger partial charge in [0.15, 0.2) is 0 Å². The minimum Gasteiger partial charge on any atom is -0.310 e. The molecule has 0 fully saturated rings. The average Bonchev–Trinajstić information content (AvgIpc) is 3.63. The number of rotatable bonds is 8. The van der Waals surface area contributed by atoms with Crippen molar-refractivity contribution in [1.29, 1.82) is 0 Å². The third-order valence-corrected chi connectivity index (χ3v) is 12.3. The molecule has 0 spiro atoms. The second kappa shape index (κ2) is 14.9. The predicted octanol–water partition coefficient (Wildman–Crippen LogP) is 15.7. The van der Waals surface area contributed by atoms with Crippen molar-refractivity contribution in [2.24, 2.45) is 0 Å². The van der Waals surface area contributed by atoms with Gasteiger partial charge in [0.2, 0.25) is 0 Å². The molecule has 0 aromatic heterocycles. The van der Waals surface area contributed by atoms with Crippen LogP contribution in [0.3, 0.4) is 0 Å². The lowest BCUT2D eigenvalue weighted by molar-refractivity contribution is 0.768. The van der Waals surface area contributed by atoms with E-state index in [1.165, 1.54) is 77.5 Å². The fraction of sp³-hybridized carbons (Fsp3) is 0.0169. The number of hydrogen-bond donors (Lipinski definition) is 0. The molecule has 0 bridgehead atoms. The van der Waals surface area contributed by atoms with E-state index in [4.69, 9.17) is 0 Å². The lowest BCUT2D eigenvalue weighted by atomic mass is 9.67. The SMILES string of the molecule is c1ccc(-c2cccc(-c3ccc(N(c4cccc(-c5cccc6ccccc56)c4)c4ccc5c(c4)C(c4ccccc4)(c4ccccc4)c4ccccc4-5)cc3)c2)cc1. The van der Waals surface area contributed by atoms with Crippen LogP contribution in [0, 0.1) is 0 Å². The average molecular weight is 764 g/mol. The van der Waals surface area contributed by atoms with E-state index in [1.807, 2.05) is 0 Å². The van der Waals surface area contributed by atoms with Crippen LogP contribution in [0.5, 0.6) is 0 Å². The van der Waals surface area contributed by atoms with E-state index in [2.05, 4.69) is 254 Å². The predicted molar refractivity (Wildman–Crippen MR) is 252 cm³/mol. The van der Waals surface area contributed by atoms with Gasteiger partial charge in [-0.1, -0.05) is 206 Å². The maximum Gasteiger partial charge on any atom is 0.0714 e. The van der Waals surface area contributed by atoms with Crippen LogP contribution >= 0.6 is 0 Å². The van der Waals surface area contributed by atoms with Crippen LogP contribution in [-0.4, -0.2) is 0 Å². The number of fused-ring (bicyclic) bond motifs is 4. The van der Waals surface area contributed by atoms with Gasteiger partial charge in [0.1, 0.15) is 0 Å². The van der Waals surface area contributed by atoms with E-state index < -0.39 is 5.41 Å². The third-order valence-electron chi connectivity index (χ3n) is 12.3. The van der Waals surface area contributed by atoms with Crippen molar-refractivity contribution >= 4 is 27.8 Å². The lowest BCUT2D eigenvalue weighted by Gasteiger charge is -2.35. The van der Waals surface area contributed by atoms with Gasteiger partial charge in [-0.25, -0.2) is 0 Å². The molecule has 0 amide bonds. The Morgan fingerprint density at radius 1 is 0.267 bits per heavy atom. The Hall–Kier alpha value is -7.74. The molecule has 0 heterocycles. The smallest absolute Gasteiger partial charge is 0.0714 e. The summed E-state index contributed by atoms with van der Waals surface area (Å²) in [5.74, 6) is 0. The molecular formula is C59H41N. The van der Waals surface area contributed by atoms with Crippen LogP contribution in [0.2, 0.25) is 0 Å². The Morgan fingerprint density at radius 2 is 0.767 bits per heavy atom. The van der Waals surface area contributed by atoms with Crippen molar-refractivity contribution in [1.82, 2.24) is 0 Å². The zero-order chi connectivity index (χ0) is 39.9. The van der Waals surface area contributed by atoms with Crippen molar-refractivity contribution in [3.8, 4) is 44.5 Å². The summed E-state index contributed by atoms with van der Waals surface area (Å²) >= 11 is 0. The molecule has 0 aliphatic heterocycles. The van der Waals surface area contributed by atoms with Crippen molar-refractivity contribution in [2.45, 2.75) is 5.41 Å². The van der Waals surface area contributed by atoms with Crippen LogP contribution in [0.25, 0.3) is 55.3 Å². The molecule has 10 aromatic carbocycles. The van der Waals surface area contributed by atoms with Crippen molar-refractivity contribution in [3.05, 3.63) is 271 Å². The van der Waals surface area contributed by atoms with Gasteiger partial charge < -0.3 is 4.90 Å². The first kappa shape index (κ1) is 35.4. The molecule has 0 saturated carbocycles. The Labute approximate surface area is 352 Å². The molecule has 0 saturated heterocycles. The molecule has 0 radical (unpaired) electrons. The quantitative estimate of drug-likeness (QED) is 0.149. The Kier molecular flexibility index (Phi) is 8.79. The highest BCUT2D eigenvalue weighted by molar-refractivity contribution is 5.98. The topological polar surface area (TPSA) is 3.24 Å². The molecule has 11 rings (SSSR count). The molecule has 1 aliphatic rings. The first-order valence-electron chi connectivity index (χ1n) is 20.8. The van der Waals surface area contributed by atoms with Crippen LogP contribution in [0.1, 0.15) is 22.3 Å². The summed E-state index contributed by atoms with van der Waals surface area (Å²) in [5.41, 5.74) is 17.6. The molecule has 60 heavy (non-hydrogen) atoms. The fourth-order valence-electron chi connectivity index (χ4n) is 9.62. The minimum atomic E-state index is -0.505. The van der Waals surface area contributed by atoms with Crippen LogP contribution in [-0.2, 0) is 5.41 Å². The Morgan fingerprint density at radius 3 is 1.52 bits per heavy atom. The summed E-state index contributed by atoms with van der Waals surface area (Å²) in [7, 11) is 0. The molecule has 282 valence electrons. The van der Waals surface area contributed by atoms with Gasteiger partial charge in [-0.3, -0.25) is 0 Å². The summed E-state index contributed by atoms with van der Waals surface area (Å²) in [4.78, 5) is 2.43. The zero-order valence-electron chi connectivity index (χ0n) is 33.1. The molecule has 1 nitrogen and oxygen atoms in total. The Bertz CT molecular complexity index is 3090. The van der Waals surface area contributed by atoms with E-state index in [9.17, 15) is 0 Å². The van der Waals surface area contributed by atoms with Crippen molar-refractivity contribution < 1.29 is 0 Å². The van der Waals surface area contributed by atoms with Gasteiger partial charge in [-0.15, -0.1) is 0 Å².